The summed E-state index contributed by atoms with van der Waals surface area (Å²) in [5.41, 5.74) is 3.39. The van der Waals surface area contributed by atoms with Crippen LogP contribution in [-0.4, -0.2) is 31.8 Å². The predicted octanol–water partition coefficient (Wildman–Crippen LogP) is 2.32. The number of imidazole rings is 1. The van der Waals surface area contributed by atoms with Crippen LogP contribution in [0.3, 0.4) is 0 Å². The third kappa shape index (κ3) is 3.65. The van der Waals surface area contributed by atoms with Crippen molar-refractivity contribution in [2.75, 3.05) is 0 Å². The fourth-order valence-electron chi connectivity index (χ4n) is 4.19. The summed E-state index contributed by atoms with van der Waals surface area (Å²) in [5, 5.41) is 33.6. The summed E-state index contributed by atoms with van der Waals surface area (Å²) < 4.78 is 1.70. The number of aromatic nitrogens is 2. The van der Waals surface area contributed by atoms with Gasteiger partial charge in [-0.25, -0.2) is 4.79 Å². The molecule has 0 fully saturated rings. The summed E-state index contributed by atoms with van der Waals surface area (Å²) >= 11 is 0. The second-order valence-corrected chi connectivity index (χ2v) is 7.73. The number of phenolic OH excluding ortho intramolecular Hbond substituents is 1. The lowest BCUT2D eigenvalue weighted by atomic mass is 9.97. The number of aromatic amines is 1. The summed E-state index contributed by atoms with van der Waals surface area (Å²) in [6.07, 6.45) is 1.26. The molecule has 7 nitrogen and oxygen atoms in total. The van der Waals surface area contributed by atoms with Crippen molar-refractivity contribution in [3.8, 4) is 11.8 Å². The number of phenols is 1. The predicted molar refractivity (Wildman–Crippen MR) is 110 cm³/mol. The Morgan fingerprint density at radius 3 is 3.00 bits per heavy atom. The molecule has 1 aliphatic heterocycles. The molecule has 0 aliphatic carbocycles. The van der Waals surface area contributed by atoms with Gasteiger partial charge in [0.25, 0.3) is 0 Å². The monoisotopic (exact) mass is 392 g/mol. The van der Waals surface area contributed by atoms with E-state index < -0.39 is 6.10 Å². The zero-order chi connectivity index (χ0) is 20.5. The number of nitrogens with one attached hydrogen (secondary N) is 2. The molecule has 0 amide bonds. The first-order chi connectivity index (χ1) is 14.0. The van der Waals surface area contributed by atoms with Crippen molar-refractivity contribution < 1.29 is 10.2 Å². The van der Waals surface area contributed by atoms with Crippen LogP contribution in [0.4, 0.5) is 0 Å². The largest absolute Gasteiger partial charge is 0.508 e. The topological polar surface area (TPSA) is 114 Å². The standard InChI is InChI=1S/C22H24N4O3/c1-13(5-7-15-11-14(12-23)6-8-19(15)27)24-18-9-10-26-20-16(21(18)28)3-2-4-17(20)25-22(26)29/h2-4,6,8,11,13,18,21,24,27-28H,5,7,9-10H2,1H3,(H,25,29). The molecule has 1 aliphatic rings. The highest BCUT2D eigenvalue weighted by molar-refractivity contribution is 5.79. The van der Waals surface area contributed by atoms with E-state index in [2.05, 4.69) is 16.4 Å². The number of aliphatic hydroxyl groups excluding tert-OH is 1. The average molecular weight is 392 g/mol. The third-order valence-electron chi connectivity index (χ3n) is 5.74. The fourth-order valence-corrected chi connectivity index (χ4v) is 4.19. The van der Waals surface area contributed by atoms with Gasteiger partial charge in [-0.05, 0) is 56.0 Å². The maximum Gasteiger partial charge on any atom is 0.326 e. The van der Waals surface area contributed by atoms with Crippen molar-refractivity contribution in [2.24, 2.45) is 0 Å². The van der Waals surface area contributed by atoms with E-state index >= 15 is 0 Å². The summed E-state index contributed by atoms with van der Waals surface area (Å²) in [6.45, 7) is 2.57. The zero-order valence-corrected chi connectivity index (χ0v) is 16.2. The number of hydrogen-bond acceptors (Lipinski definition) is 5. The van der Waals surface area contributed by atoms with Gasteiger partial charge in [-0.1, -0.05) is 12.1 Å². The van der Waals surface area contributed by atoms with Crippen molar-refractivity contribution in [1.82, 2.24) is 14.9 Å². The number of para-hydroxylation sites is 1. The second kappa shape index (κ2) is 7.74. The first kappa shape index (κ1) is 19.2. The molecule has 4 N–H and O–H groups in total. The van der Waals surface area contributed by atoms with Crippen LogP contribution in [-0.2, 0) is 13.0 Å². The molecule has 150 valence electrons. The van der Waals surface area contributed by atoms with E-state index in [0.29, 0.717) is 24.9 Å². The van der Waals surface area contributed by atoms with Crippen molar-refractivity contribution in [3.05, 3.63) is 63.6 Å². The quantitative estimate of drug-likeness (QED) is 0.532. The zero-order valence-electron chi connectivity index (χ0n) is 16.2. The molecule has 3 aromatic rings. The molecule has 1 aromatic heterocycles. The summed E-state index contributed by atoms with van der Waals surface area (Å²) in [6, 6.07) is 12.4. The van der Waals surface area contributed by atoms with Gasteiger partial charge in [-0.2, -0.15) is 5.26 Å². The van der Waals surface area contributed by atoms with E-state index in [1.165, 1.54) is 0 Å². The van der Waals surface area contributed by atoms with Crippen LogP contribution in [0, 0.1) is 11.3 Å². The summed E-state index contributed by atoms with van der Waals surface area (Å²) in [7, 11) is 0. The van der Waals surface area contributed by atoms with Gasteiger partial charge < -0.3 is 20.5 Å². The van der Waals surface area contributed by atoms with Gasteiger partial charge >= 0.3 is 5.69 Å². The van der Waals surface area contributed by atoms with Crippen LogP contribution in [0.2, 0.25) is 0 Å². The molecule has 0 saturated carbocycles. The Balaban J connectivity index is 1.47. The van der Waals surface area contributed by atoms with E-state index in [1.807, 2.05) is 25.1 Å². The van der Waals surface area contributed by atoms with E-state index in [9.17, 15) is 15.0 Å². The smallest absolute Gasteiger partial charge is 0.326 e. The maximum absolute atomic E-state index is 12.2. The summed E-state index contributed by atoms with van der Waals surface area (Å²) in [5.74, 6) is 0.191. The number of aromatic hydroxyl groups is 1. The Bertz CT molecular complexity index is 1140. The average Bonchev–Trinajstić information content (AvgIpc) is 2.97. The lowest BCUT2D eigenvalue weighted by Crippen LogP contribution is -2.41. The number of hydrogen-bond donors (Lipinski definition) is 4. The molecule has 4 rings (SSSR count). The molecular formula is C22H24N4O3. The van der Waals surface area contributed by atoms with Gasteiger partial charge in [0.15, 0.2) is 0 Å². The third-order valence-corrected chi connectivity index (χ3v) is 5.74. The number of rotatable bonds is 5. The van der Waals surface area contributed by atoms with E-state index in [4.69, 9.17) is 5.26 Å². The van der Waals surface area contributed by atoms with Crippen LogP contribution in [0.5, 0.6) is 5.75 Å². The lowest BCUT2D eigenvalue weighted by Gasteiger charge is -2.26. The highest BCUT2D eigenvalue weighted by Gasteiger charge is 2.29. The fraction of sp³-hybridized carbons (Fsp3) is 0.364. The first-order valence-corrected chi connectivity index (χ1v) is 9.85. The number of nitrogens with zero attached hydrogens (tertiary/aromatic N) is 2. The van der Waals surface area contributed by atoms with Gasteiger partial charge in [-0.3, -0.25) is 4.57 Å². The molecule has 3 atom stereocenters. The van der Waals surface area contributed by atoms with Crippen molar-refractivity contribution in [3.63, 3.8) is 0 Å². The van der Waals surface area contributed by atoms with Gasteiger partial charge in [0.2, 0.25) is 0 Å². The lowest BCUT2D eigenvalue weighted by molar-refractivity contribution is 0.119. The molecule has 2 heterocycles. The Morgan fingerprint density at radius 1 is 1.38 bits per heavy atom. The molecule has 0 saturated heterocycles. The van der Waals surface area contributed by atoms with Crippen molar-refractivity contribution in [1.29, 1.82) is 5.26 Å². The molecule has 7 heteroatoms. The number of benzene rings is 2. The van der Waals surface area contributed by atoms with E-state index in [0.717, 1.165) is 28.6 Å². The molecule has 0 radical (unpaired) electrons. The van der Waals surface area contributed by atoms with Gasteiger partial charge in [0.05, 0.1) is 28.8 Å². The highest BCUT2D eigenvalue weighted by atomic mass is 16.3. The molecule has 3 unspecified atom stereocenters. The minimum atomic E-state index is -0.722. The van der Waals surface area contributed by atoms with Gasteiger partial charge in [0, 0.05) is 24.2 Å². The molecule has 0 spiro atoms. The Kier molecular flexibility index (Phi) is 5.14. The Morgan fingerprint density at radius 2 is 2.21 bits per heavy atom. The molecule has 2 aromatic carbocycles. The van der Waals surface area contributed by atoms with E-state index in [-0.39, 0.29) is 23.5 Å². The maximum atomic E-state index is 12.2. The number of nitriles is 1. The van der Waals surface area contributed by atoms with Crippen molar-refractivity contribution in [2.45, 2.75) is 50.9 Å². The second-order valence-electron chi connectivity index (χ2n) is 7.73. The number of H-pyrrole nitrogens is 1. The minimum Gasteiger partial charge on any atom is -0.508 e. The van der Waals surface area contributed by atoms with Crippen LogP contribution in [0.1, 0.15) is 42.6 Å². The normalized spacial score (nSPS) is 19.6. The van der Waals surface area contributed by atoms with Gasteiger partial charge in [-0.15, -0.1) is 0 Å². The minimum absolute atomic E-state index is 0.0785. The van der Waals surface area contributed by atoms with Crippen LogP contribution < -0.4 is 11.0 Å². The Labute approximate surface area is 168 Å². The van der Waals surface area contributed by atoms with Crippen molar-refractivity contribution >= 4 is 11.0 Å². The number of aliphatic hydroxyl groups is 1. The van der Waals surface area contributed by atoms with Gasteiger partial charge in [0.1, 0.15) is 5.75 Å². The Hall–Kier alpha value is -3.08. The molecule has 29 heavy (non-hydrogen) atoms. The number of aryl methyl sites for hydroxylation is 2. The first-order valence-electron chi connectivity index (χ1n) is 9.85. The summed E-state index contributed by atoms with van der Waals surface area (Å²) in [4.78, 5) is 15.1. The molecule has 0 bridgehead atoms. The molecular weight excluding hydrogens is 368 g/mol. The van der Waals surface area contributed by atoms with Crippen LogP contribution in [0.25, 0.3) is 11.0 Å². The van der Waals surface area contributed by atoms with Crippen LogP contribution >= 0.6 is 0 Å². The SMILES string of the molecule is CC(CCc1cc(C#N)ccc1O)NC1CCn2c(=O)[nH]c3cccc(c32)C1O. The highest BCUT2D eigenvalue weighted by Crippen LogP contribution is 2.30. The van der Waals surface area contributed by atoms with E-state index in [1.54, 1.807) is 22.8 Å². The van der Waals surface area contributed by atoms with Crippen LogP contribution in [0.15, 0.2) is 41.2 Å².